The summed E-state index contributed by atoms with van der Waals surface area (Å²) in [6.45, 7) is 0. The van der Waals surface area contributed by atoms with Gasteiger partial charge in [0.2, 0.25) is 5.79 Å². The molecule has 2 aromatic carbocycles. The highest BCUT2D eigenvalue weighted by atomic mass is 16.5. The van der Waals surface area contributed by atoms with Gasteiger partial charge in [-0.05, 0) is 5.56 Å². The Hall–Kier alpha value is -1.68. The first kappa shape index (κ1) is 11.8. The van der Waals surface area contributed by atoms with Crippen molar-refractivity contribution in [2.24, 2.45) is 5.73 Å². The predicted molar refractivity (Wildman–Crippen MR) is 65.9 cm³/mol. The van der Waals surface area contributed by atoms with Crippen LogP contribution >= 0.6 is 0 Å². The smallest absolute Gasteiger partial charge is 0.209 e. The monoisotopic (exact) mass is 229 g/mol. The molecule has 0 aliphatic heterocycles. The zero-order valence-electron chi connectivity index (χ0n) is 9.32. The van der Waals surface area contributed by atoms with E-state index in [0.717, 1.165) is 0 Å². The molecule has 0 saturated carbocycles. The lowest BCUT2D eigenvalue weighted by atomic mass is 9.93. The van der Waals surface area contributed by atoms with Crippen LogP contribution in [0.2, 0.25) is 0 Å². The minimum atomic E-state index is -2.07. The number of rotatable bonds is 3. The topological polar surface area (TPSA) is 66.5 Å². The molecular weight excluding hydrogens is 214 g/mol. The average Bonchev–Trinajstić information content (AvgIpc) is 2.40. The fourth-order valence-corrected chi connectivity index (χ4v) is 1.76. The van der Waals surface area contributed by atoms with E-state index in [1.807, 2.05) is 24.3 Å². The van der Waals surface area contributed by atoms with Gasteiger partial charge in [0, 0.05) is 5.56 Å². The number of hydrogen-bond donors (Lipinski definition) is 3. The van der Waals surface area contributed by atoms with Gasteiger partial charge >= 0.3 is 0 Å². The number of benzene rings is 2. The SMILES string of the molecule is NC(c1ccccc1)C(O)(O)c1ccccc1. The molecule has 0 spiro atoms. The number of hydrogen-bond acceptors (Lipinski definition) is 3. The Morgan fingerprint density at radius 2 is 1.29 bits per heavy atom. The van der Waals surface area contributed by atoms with Gasteiger partial charge in [0.25, 0.3) is 0 Å². The van der Waals surface area contributed by atoms with Crippen LogP contribution in [0.5, 0.6) is 0 Å². The summed E-state index contributed by atoms with van der Waals surface area (Å²) in [4.78, 5) is 0. The summed E-state index contributed by atoms with van der Waals surface area (Å²) in [6.07, 6.45) is 0. The Bertz CT molecular complexity index is 468. The first-order valence-corrected chi connectivity index (χ1v) is 5.43. The van der Waals surface area contributed by atoms with Crippen molar-refractivity contribution < 1.29 is 10.2 Å². The van der Waals surface area contributed by atoms with Crippen LogP contribution in [-0.2, 0) is 5.79 Å². The van der Waals surface area contributed by atoms with E-state index in [1.54, 1.807) is 36.4 Å². The fraction of sp³-hybridized carbons (Fsp3) is 0.143. The first-order chi connectivity index (χ1) is 8.12. The lowest BCUT2D eigenvalue weighted by Crippen LogP contribution is -2.38. The van der Waals surface area contributed by atoms with Crippen molar-refractivity contribution in [3.05, 3.63) is 71.8 Å². The van der Waals surface area contributed by atoms with Gasteiger partial charge in [-0.15, -0.1) is 0 Å². The van der Waals surface area contributed by atoms with E-state index in [0.29, 0.717) is 11.1 Å². The van der Waals surface area contributed by atoms with Crippen LogP contribution in [0.3, 0.4) is 0 Å². The van der Waals surface area contributed by atoms with Crippen LogP contribution in [0.25, 0.3) is 0 Å². The van der Waals surface area contributed by atoms with E-state index in [9.17, 15) is 10.2 Å². The molecule has 0 aromatic heterocycles. The first-order valence-electron chi connectivity index (χ1n) is 5.43. The van der Waals surface area contributed by atoms with Crippen LogP contribution in [0.4, 0.5) is 0 Å². The molecule has 0 fully saturated rings. The summed E-state index contributed by atoms with van der Waals surface area (Å²) in [7, 11) is 0. The second-order valence-electron chi connectivity index (χ2n) is 3.98. The van der Waals surface area contributed by atoms with Gasteiger partial charge in [-0.2, -0.15) is 0 Å². The molecular formula is C14H15NO2. The molecule has 0 amide bonds. The van der Waals surface area contributed by atoms with Crippen molar-refractivity contribution in [3.63, 3.8) is 0 Å². The van der Waals surface area contributed by atoms with Gasteiger partial charge < -0.3 is 15.9 Å². The molecule has 0 aliphatic carbocycles. The zero-order valence-corrected chi connectivity index (χ0v) is 9.32. The van der Waals surface area contributed by atoms with Crippen molar-refractivity contribution >= 4 is 0 Å². The Morgan fingerprint density at radius 1 is 0.824 bits per heavy atom. The molecule has 88 valence electrons. The molecule has 17 heavy (non-hydrogen) atoms. The second-order valence-corrected chi connectivity index (χ2v) is 3.98. The second kappa shape index (κ2) is 4.67. The third-order valence-electron chi connectivity index (χ3n) is 2.79. The van der Waals surface area contributed by atoms with Crippen LogP contribution in [0.15, 0.2) is 60.7 Å². The fourth-order valence-electron chi connectivity index (χ4n) is 1.76. The van der Waals surface area contributed by atoms with Crippen molar-refractivity contribution in [1.29, 1.82) is 0 Å². The van der Waals surface area contributed by atoms with Gasteiger partial charge in [-0.1, -0.05) is 60.7 Å². The summed E-state index contributed by atoms with van der Waals surface area (Å²) >= 11 is 0. The highest BCUT2D eigenvalue weighted by molar-refractivity contribution is 5.27. The molecule has 4 N–H and O–H groups in total. The van der Waals surface area contributed by atoms with Crippen LogP contribution in [0.1, 0.15) is 17.2 Å². The normalized spacial score (nSPS) is 13.4. The molecule has 0 saturated heterocycles. The van der Waals surface area contributed by atoms with E-state index < -0.39 is 11.8 Å². The van der Waals surface area contributed by atoms with Crippen molar-refractivity contribution in [1.82, 2.24) is 0 Å². The van der Waals surface area contributed by atoms with Gasteiger partial charge in [0.05, 0.1) is 6.04 Å². The summed E-state index contributed by atoms with van der Waals surface area (Å²) in [5.41, 5.74) is 6.97. The quantitative estimate of drug-likeness (QED) is 0.699. The third-order valence-corrected chi connectivity index (χ3v) is 2.79. The molecule has 0 aliphatic rings. The Balaban J connectivity index is 2.33. The Kier molecular flexibility index (Phi) is 3.24. The van der Waals surface area contributed by atoms with Crippen molar-refractivity contribution in [2.75, 3.05) is 0 Å². The van der Waals surface area contributed by atoms with Crippen molar-refractivity contribution in [3.8, 4) is 0 Å². The van der Waals surface area contributed by atoms with E-state index in [1.165, 1.54) is 0 Å². The molecule has 0 bridgehead atoms. The molecule has 3 nitrogen and oxygen atoms in total. The minimum absolute atomic E-state index is 0.386. The highest BCUT2D eigenvalue weighted by Gasteiger charge is 2.34. The van der Waals surface area contributed by atoms with E-state index in [-0.39, 0.29) is 0 Å². The van der Waals surface area contributed by atoms with Gasteiger partial charge in [-0.3, -0.25) is 0 Å². The molecule has 1 atom stereocenters. The van der Waals surface area contributed by atoms with Crippen LogP contribution in [-0.4, -0.2) is 10.2 Å². The summed E-state index contributed by atoms with van der Waals surface area (Å²) in [5, 5.41) is 20.3. The predicted octanol–water partition coefficient (Wildman–Crippen LogP) is 1.52. The average molecular weight is 229 g/mol. The van der Waals surface area contributed by atoms with Crippen LogP contribution in [0, 0.1) is 0 Å². The number of aliphatic hydroxyl groups is 2. The lowest BCUT2D eigenvalue weighted by molar-refractivity contribution is -0.187. The van der Waals surface area contributed by atoms with E-state index in [4.69, 9.17) is 5.73 Å². The van der Waals surface area contributed by atoms with E-state index in [2.05, 4.69) is 0 Å². The summed E-state index contributed by atoms with van der Waals surface area (Å²) in [5.74, 6) is -2.07. The maximum Gasteiger partial charge on any atom is 0.209 e. The van der Waals surface area contributed by atoms with Gasteiger partial charge in [0.15, 0.2) is 0 Å². The molecule has 2 aromatic rings. The lowest BCUT2D eigenvalue weighted by Gasteiger charge is -2.29. The highest BCUT2D eigenvalue weighted by Crippen LogP contribution is 2.30. The molecule has 0 radical (unpaired) electrons. The summed E-state index contributed by atoms with van der Waals surface area (Å²) < 4.78 is 0. The Labute approximate surface area is 100 Å². The van der Waals surface area contributed by atoms with Crippen LogP contribution < -0.4 is 5.73 Å². The molecule has 2 rings (SSSR count). The van der Waals surface area contributed by atoms with E-state index >= 15 is 0 Å². The Morgan fingerprint density at radius 3 is 1.82 bits per heavy atom. The maximum atomic E-state index is 10.1. The molecule has 0 heterocycles. The molecule has 1 unspecified atom stereocenters. The largest absolute Gasteiger partial charge is 0.360 e. The number of nitrogens with two attached hydrogens (primary N) is 1. The summed E-state index contributed by atoms with van der Waals surface area (Å²) in [6, 6.07) is 16.7. The standard InChI is InChI=1S/C14H15NO2/c15-13(11-7-3-1-4-8-11)14(16,17)12-9-5-2-6-10-12/h1-10,13,16-17H,15H2. The maximum absolute atomic E-state index is 10.1. The minimum Gasteiger partial charge on any atom is -0.360 e. The van der Waals surface area contributed by atoms with Crippen molar-refractivity contribution in [2.45, 2.75) is 11.8 Å². The zero-order chi connectivity index (χ0) is 12.3. The third kappa shape index (κ3) is 2.36. The van der Waals surface area contributed by atoms with Gasteiger partial charge in [-0.25, -0.2) is 0 Å². The molecule has 3 heteroatoms. The van der Waals surface area contributed by atoms with Gasteiger partial charge in [0.1, 0.15) is 0 Å².